The standard InChI is InChI=1S/C12H14Cl2N2O/c1-3-8(2)7-15-12(17)16-11-9(13)5-4-6-10(11)14/h4-7H,3H2,1-2H3,(H2,15,16,17)/b8-7+. The van der Waals surface area contributed by atoms with E-state index < -0.39 is 0 Å². The predicted molar refractivity (Wildman–Crippen MR) is 72.7 cm³/mol. The van der Waals surface area contributed by atoms with Crippen molar-refractivity contribution in [3.63, 3.8) is 0 Å². The number of nitrogens with one attached hydrogen (secondary N) is 2. The number of halogens is 2. The quantitative estimate of drug-likeness (QED) is 0.840. The van der Waals surface area contributed by atoms with Crippen LogP contribution in [0.2, 0.25) is 10.0 Å². The van der Waals surface area contributed by atoms with Crippen LogP contribution in [0, 0.1) is 0 Å². The van der Waals surface area contributed by atoms with Crippen LogP contribution in [0.15, 0.2) is 30.0 Å². The molecule has 1 aromatic carbocycles. The molecule has 0 unspecified atom stereocenters. The topological polar surface area (TPSA) is 41.1 Å². The minimum Gasteiger partial charge on any atom is -0.314 e. The molecule has 0 saturated heterocycles. The number of carbonyl (C=O) groups excluding carboxylic acids is 1. The molecule has 1 rings (SSSR count). The van der Waals surface area contributed by atoms with Crippen LogP contribution in [-0.4, -0.2) is 6.03 Å². The van der Waals surface area contributed by atoms with Crippen molar-refractivity contribution in [2.45, 2.75) is 20.3 Å². The fourth-order valence-electron chi connectivity index (χ4n) is 1.06. The molecule has 0 aliphatic carbocycles. The number of hydrogen-bond acceptors (Lipinski definition) is 1. The van der Waals surface area contributed by atoms with Crippen molar-refractivity contribution in [1.29, 1.82) is 0 Å². The van der Waals surface area contributed by atoms with Crippen molar-refractivity contribution in [3.8, 4) is 0 Å². The maximum atomic E-state index is 11.6. The van der Waals surface area contributed by atoms with E-state index in [1.807, 2.05) is 13.8 Å². The monoisotopic (exact) mass is 272 g/mol. The first-order valence-corrected chi connectivity index (χ1v) is 5.97. The lowest BCUT2D eigenvalue weighted by Gasteiger charge is -2.08. The lowest BCUT2D eigenvalue weighted by molar-refractivity contribution is 0.255. The van der Waals surface area contributed by atoms with E-state index in [1.165, 1.54) is 0 Å². The summed E-state index contributed by atoms with van der Waals surface area (Å²) in [4.78, 5) is 11.6. The molecule has 0 fully saturated rings. The normalized spacial score (nSPS) is 11.2. The summed E-state index contributed by atoms with van der Waals surface area (Å²) in [6.45, 7) is 3.94. The Balaban J connectivity index is 2.69. The molecule has 92 valence electrons. The Hall–Kier alpha value is -1.19. The summed E-state index contributed by atoms with van der Waals surface area (Å²) in [6, 6.07) is 4.68. The van der Waals surface area contributed by atoms with Crippen molar-refractivity contribution < 1.29 is 4.79 Å². The number of amides is 2. The smallest absolute Gasteiger partial charge is 0.314 e. The molecule has 2 N–H and O–H groups in total. The van der Waals surface area contributed by atoms with Gasteiger partial charge in [-0.25, -0.2) is 4.79 Å². The molecule has 0 heterocycles. The maximum Gasteiger partial charge on any atom is 0.323 e. The maximum absolute atomic E-state index is 11.6. The zero-order valence-electron chi connectivity index (χ0n) is 9.68. The van der Waals surface area contributed by atoms with Crippen LogP contribution in [0.3, 0.4) is 0 Å². The van der Waals surface area contributed by atoms with Crippen molar-refractivity contribution >= 4 is 34.9 Å². The van der Waals surface area contributed by atoms with Crippen molar-refractivity contribution in [3.05, 3.63) is 40.0 Å². The first-order valence-electron chi connectivity index (χ1n) is 5.21. The third-order valence-corrected chi connectivity index (χ3v) is 2.84. The van der Waals surface area contributed by atoms with Crippen LogP contribution in [0.4, 0.5) is 10.5 Å². The number of rotatable bonds is 3. The molecule has 0 aliphatic rings. The number of anilines is 1. The number of benzene rings is 1. The van der Waals surface area contributed by atoms with Gasteiger partial charge < -0.3 is 10.6 Å². The van der Waals surface area contributed by atoms with Gasteiger partial charge in [-0.2, -0.15) is 0 Å². The summed E-state index contributed by atoms with van der Waals surface area (Å²) in [5.41, 5.74) is 1.49. The minimum absolute atomic E-state index is 0.368. The van der Waals surface area contributed by atoms with Gasteiger partial charge in [0.1, 0.15) is 0 Å². The Morgan fingerprint density at radius 1 is 1.35 bits per heavy atom. The van der Waals surface area contributed by atoms with Crippen LogP contribution in [-0.2, 0) is 0 Å². The number of para-hydroxylation sites is 1. The molecule has 0 saturated carbocycles. The van der Waals surface area contributed by atoms with E-state index in [-0.39, 0.29) is 6.03 Å². The van der Waals surface area contributed by atoms with E-state index in [1.54, 1.807) is 24.4 Å². The molecular formula is C12H14Cl2N2O. The van der Waals surface area contributed by atoms with Crippen LogP contribution in [0.25, 0.3) is 0 Å². The summed E-state index contributed by atoms with van der Waals surface area (Å²) < 4.78 is 0. The molecule has 17 heavy (non-hydrogen) atoms. The highest BCUT2D eigenvalue weighted by atomic mass is 35.5. The number of hydrogen-bond donors (Lipinski definition) is 2. The van der Waals surface area contributed by atoms with E-state index in [9.17, 15) is 4.79 Å². The van der Waals surface area contributed by atoms with E-state index in [0.29, 0.717) is 15.7 Å². The van der Waals surface area contributed by atoms with Gasteiger partial charge in [-0.05, 0) is 25.5 Å². The second-order valence-corrected chi connectivity index (χ2v) is 4.35. The summed E-state index contributed by atoms with van der Waals surface area (Å²) in [7, 11) is 0. The predicted octanol–water partition coefficient (Wildman–Crippen LogP) is 4.43. The highest BCUT2D eigenvalue weighted by molar-refractivity contribution is 6.39. The molecule has 0 radical (unpaired) electrons. The highest BCUT2D eigenvalue weighted by Gasteiger charge is 2.07. The van der Waals surface area contributed by atoms with Gasteiger partial charge in [0, 0.05) is 6.20 Å². The molecule has 1 aromatic rings. The zero-order valence-corrected chi connectivity index (χ0v) is 11.2. The number of urea groups is 1. The highest BCUT2D eigenvalue weighted by Crippen LogP contribution is 2.29. The van der Waals surface area contributed by atoms with Gasteiger partial charge >= 0.3 is 6.03 Å². The van der Waals surface area contributed by atoms with Gasteiger partial charge in [-0.3, -0.25) is 0 Å². The summed E-state index contributed by atoms with van der Waals surface area (Å²) in [6.07, 6.45) is 2.53. The Morgan fingerprint density at radius 2 is 1.94 bits per heavy atom. The summed E-state index contributed by atoms with van der Waals surface area (Å²) >= 11 is 11.8. The van der Waals surface area contributed by atoms with Gasteiger partial charge in [0.2, 0.25) is 0 Å². The SMILES string of the molecule is CC/C(C)=C/NC(=O)Nc1c(Cl)cccc1Cl. The molecule has 3 nitrogen and oxygen atoms in total. The Kier molecular flexibility index (Phi) is 5.32. The Labute approximate surface area is 111 Å². The van der Waals surface area contributed by atoms with Crippen LogP contribution in [0.1, 0.15) is 20.3 Å². The second-order valence-electron chi connectivity index (χ2n) is 3.54. The van der Waals surface area contributed by atoms with Crippen molar-refractivity contribution in [1.82, 2.24) is 5.32 Å². The van der Waals surface area contributed by atoms with E-state index in [4.69, 9.17) is 23.2 Å². The van der Waals surface area contributed by atoms with Crippen molar-refractivity contribution in [2.75, 3.05) is 5.32 Å². The third kappa shape index (κ3) is 4.29. The van der Waals surface area contributed by atoms with Crippen LogP contribution >= 0.6 is 23.2 Å². The first-order chi connectivity index (χ1) is 8.04. The van der Waals surface area contributed by atoms with Crippen molar-refractivity contribution in [2.24, 2.45) is 0 Å². The van der Waals surface area contributed by atoms with Crippen LogP contribution < -0.4 is 10.6 Å². The van der Waals surface area contributed by atoms with E-state index in [0.717, 1.165) is 12.0 Å². The largest absolute Gasteiger partial charge is 0.323 e. The van der Waals surface area contributed by atoms with Gasteiger partial charge in [0.05, 0.1) is 15.7 Å². The van der Waals surface area contributed by atoms with Gasteiger partial charge in [-0.15, -0.1) is 0 Å². The lowest BCUT2D eigenvalue weighted by atomic mass is 10.3. The summed E-state index contributed by atoms with van der Waals surface area (Å²) in [5, 5.41) is 6.02. The Bertz CT molecular complexity index is 424. The number of carbonyl (C=O) groups is 1. The van der Waals surface area contributed by atoms with Gasteiger partial charge in [0.25, 0.3) is 0 Å². The molecule has 0 aliphatic heterocycles. The lowest BCUT2D eigenvalue weighted by Crippen LogP contribution is -2.24. The van der Waals surface area contributed by atoms with E-state index >= 15 is 0 Å². The first kappa shape index (κ1) is 13.9. The van der Waals surface area contributed by atoms with E-state index in [2.05, 4.69) is 10.6 Å². The molecule has 0 spiro atoms. The molecule has 0 atom stereocenters. The second kappa shape index (κ2) is 6.52. The molecule has 2 amide bonds. The Morgan fingerprint density at radius 3 is 2.47 bits per heavy atom. The molecule has 5 heteroatoms. The summed E-state index contributed by atoms with van der Waals surface area (Å²) in [5.74, 6) is 0. The molecule has 0 bridgehead atoms. The van der Waals surface area contributed by atoms with Crippen LogP contribution in [0.5, 0.6) is 0 Å². The fourth-order valence-corrected chi connectivity index (χ4v) is 1.55. The zero-order chi connectivity index (χ0) is 12.8. The molecular weight excluding hydrogens is 259 g/mol. The fraction of sp³-hybridized carbons (Fsp3) is 0.250. The minimum atomic E-state index is -0.368. The third-order valence-electron chi connectivity index (χ3n) is 2.21. The number of allylic oxidation sites excluding steroid dienone is 1. The van der Waals surface area contributed by atoms with Gasteiger partial charge in [-0.1, -0.05) is 41.8 Å². The molecule has 0 aromatic heterocycles. The average molecular weight is 273 g/mol. The average Bonchev–Trinajstić information content (AvgIpc) is 2.31. The van der Waals surface area contributed by atoms with Gasteiger partial charge in [0.15, 0.2) is 0 Å².